The Morgan fingerprint density at radius 2 is 1.81 bits per heavy atom. The molecule has 5 nitrogen and oxygen atoms in total. The summed E-state index contributed by atoms with van der Waals surface area (Å²) in [6, 6.07) is 8.46. The van der Waals surface area contributed by atoms with Crippen LogP contribution in [0.2, 0.25) is 0 Å². The Hall–Kier alpha value is -2.57. The molecule has 0 saturated carbocycles. The lowest BCUT2D eigenvalue weighted by atomic mass is 10.1. The SMILES string of the molecule is CCc1oc2c(C[NH+](C)C)c(O)ccc2c(=O)c1Oc1ccc(F)cc1.Cl. The van der Waals surface area contributed by atoms with Gasteiger partial charge in [0.1, 0.15) is 23.9 Å². The largest absolute Gasteiger partial charge is 0.507 e. The van der Waals surface area contributed by atoms with Gasteiger partial charge in [0.05, 0.1) is 25.0 Å². The molecule has 3 rings (SSSR count). The monoisotopic (exact) mass is 394 g/mol. The van der Waals surface area contributed by atoms with Gasteiger partial charge in [-0.05, 0) is 36.4 Å². The lowest BCUT2D eigenvalue weighted by molar-refractivity contribution is -0.872. The second-order valence-electron chi connectivity index (χ2n) is 6.42. The quantitative estimate of drug-likeness (QED) is 0.698. The molecule has 2 N–H and O–H groups in total. The van der Waals surface area contributed by atoms with Crippen LogP contribution in [-0.2, 0) is 13.0 Å². The molecule has 1 heterocycles. The van der Waals surface area contributed by atoms with Gasteiger partial charge in [-0.15, -0.1) is 12.4 Å². The topological polar surface area (TPSA) is 64.1 Å². The average molecular weight is 395 g/mol. The first-order valence-electron chi connectivity index (χ1n) is 8.43. The van der Waals surface area contributed by atoms with Gasteiger partial charge in [-0.2, -0.15) is 0 Å². The fourth-order valence-electron chi connectivity index (χ4n) is 2.81. The third-order valence-corrected chi connectivity index (χ3v) is 4.05. The van der Waals surface area contributed by atoms with Crippen LogP contribution in [0.25, 0.3) is 11.0 Å². The molecule has 2 aromatic carbocycles. The van der Waals surface area contributed by atoms with E-state index in [0.717, 1.165) is 4.90 Å². The van der Waals surface area contributed by atoms with Crippen LogP contribution in [0.15, 0.2) is 45.6 Å². The number of halogens is 2. The van der Waals surface area contributed by atoms with E-state index in [1.54, 1.807) is 0 Å². The number of phenols is 1. The Labute approximate surface area is 162 Å². The Kier molecular flexibility index (Phi) is 6.46. The van der Waals surface area contributed by atoms with Crippen LogP contribution >= 0.6 is 12.4 Å². The van der Waals surface area contributed by atoms with Gasteiger partial charge >= 0.3 is 0 Å². The number of hydrogen-bond acceptors (Lipinski definition) is 4. The number of quaternary nitrogens is 1. The number of hydrogen-bond donors (Lipinski definition) is 2. The van der Waals surface area contributed by atoms with Crippen molar-refractivity contribution in [3.63, 3.8) is 0 Å². The van der Waals surface area contributed by atoms with Gasteiger partial charge in [-0.3, -0.25) is 4.79 Å². The summed E-state index contributed by atoms with van der Waals surface area (Å²) in [5.41, 5.74) is 0.643. The normalized spacial score (nSPS) is 10.9. The van der Waals surface area contributed by atoms with E-state index in [2.05, 4.69) is 0 Å². The maximum Gasteiger partial charge on any atom is 0.235 e. The van der Waals surface area contributed by atoms with E-state index in [-0.39, 0.29) is 35.2 Å². The van der Waals surface area contributed by atoms with Crippen molar-refractivity contribution < 1.29 is 23.6 Å². The molecule has 144 valence electrons. The highest BCUT2D eigenvalue weighted by Crippen LogP contribution is 2.31. The minimum atomic E-state index is -0.384. The molecule has 7 heteroatoms. The van der Waals surface area contributed by atoms with Crippen LogP contribution in [0.5, 0.6) is 17.2 Å². The molecule has 0 aliphatic heterocycles. The smallest absolute Gasteiger partial charge is 0.235 e. The van der Waals surface area contributed by atoms with Crippen molar-refractivity contribution in [3.8, 4) is 17.2 Å². The molecule has 1 aromatic heterocycles. The summed E-state index contributed by atoms with van der Waals surface area (Å²) < 4.78 is 24.7. The van der Waals surface area contributed by atoms with Crippen molar-refractivity contribution in [1.29, 1.82) is 0 Å². The van der Waals surface area contributed by atoms with Gasteiger partial charge in [0.25, 0.3) is 0 Å². The summed E-state index contributed by atoms with van der Waals surface area (Å²) in [7, 11) is 3.90. The molecule has 3 aromatic rings. The first-order chi connectivity index (χ1) is 12.4. The van der Waals surface area contributed by atoms with Crippen molar-refractivity contribution in [3.05, 3.63) is 63.8 Å². The summed E-state index contributed by atoms with van der Waals surface area (Å²) in [5, 5.41) is 10.5. The standard InChI is InChI=1S/C20H20FNO4.ClH/c1-4-17-20(25-13-7-5-12(21)6-8-13)18(24)14-9-10-16(23)15(11-22(2)3)19(14)26-17;/h5-10,23H,4,11H2,1-3H3;1H/p+1. The van der Waals surface area contributed by atoms with Crippen LogP contribution in [0, 0.1) is 5.82 Å². The van der Waals surface area contributed by atoms with Crippen molar-refractivity contribution in [2.45, 2.75) is 19.9 Å². The van der Waals surface area contributed by atoms with Gasteiger partial charge in [-0.25, -0.2) is 4.39 Å². The van der Waals surface area contributed by atoms with Crippen molar-refractivity contribution >= 4 is 23.4 Å². The van der Waals surface area contributed by atoms with Crippen molar-refractivity contribution in [2.24, 2.45) is 0 Å². The fraction of sp³-hybridized carbons (Fsp3) is 0.250. The summed E-state index contributed by atoms with van der Waals surface area (Å²) in [6.45, 7) is 2.36. The molecule has 0 spiro atoms. The second kappa shape index (κ2) is 8.41. The number of benzene rings is 2. The average Bonchev–Trinajstić information content (AvgIpc) is 2.61. The molecule has 0 aliphatic carbocycles. The Balaban J connectivity index is 0.00000261. The molecule has 0 amide bonds. The highest BCUT2D eigenvalue weighted by molar-refractivity contribution is 5.85. The van der Waals surface area contributed by atoms with Crippen molar-refractivity contribution in [2.75, 3.05) is 14.1 Å². The Morgan fingerprint density at radius 3 is 2.41 bits per heavy atom. The fourth-order valence-corrected chi connectivity index (χ4v) is 2.81. The molecule has 0 unspecified atom stereocenters. The van der Waals surface area contributed by atoms with E-state index in [1.165, 1.54) is 36.4 Å². The van der Waals surface area contributed by atoms with Crippen LogP contribution in [-0.4, -0.2) is 19.2 Å². The zero-order chi connectivity index (χ0) is 18.8. The van der Waals surface area contributed by atoms with E-state index in [9.17, 15) is 14.3 Å². The molecular formula is C20H22ClFNO4+. The van der Waals surface area contributed by atoms with Crippen LogP contribution in [0.4, 0.5) is 4.39 Å². The lowest BCUT2D eigenvalue weighted by Gasteiger charge is -2.14. The molecular weight excluding hydrogens is 373 g/mol. The highest BCUT2D eigenvalue weighted by atomic mass is 35.5. The maximum absolute atomic E-state index is 13.1. The number of fused-ring (bicyclic) bond motifs is 1. The lowest BCUT2D eigenvalue weighted by Crippen LogP contribution is -3.04. The molecule has 0 aliphatic rings. The van der Waals surface area contributed by atoms with Gasteiger partial charge in [0, 0.05) is 6.42 Å². The van der Waals surface area contributed by atoms with E-state index in [1.807, 2.05) is 21.0 Å². The minimum absolute atomic E-state index is 0. The zero-order valence-electron chi connectivity index (χ0n) is 15.3. The third-order valence-electron chi connectivity index (χ3n) is 4.05. The van der Waals surface area contributed by atoms with Gasteiger partial charge < -0.3 is 19.2 Å². The maximum atomic E-state index is 13.1. The highest BCUT2D eigenvalue weighted by Gasteiger charge is 2.20. The van der Waals surface area contributed by atoms with Crippen LogP contribution in [0.1, 0.15) is 18.2 Å². The number of rotatable bonds is 5. The van der Waals surface area contributed by atoms with E-state index < -0.39 is 0 Å². The Bertz CT molecular complexity index is 1000. The number of phenolic OH excluding ortho intramolecular Hbond substituents is 1. The Morgan fingerprint density at radius 1 is 1.15 bits per heavy atom. The predicted molar refractivity (Wildman–Crippen MR) is 104 cm³/mol. The van der Waals surface area contributed by atoms with Crippen molar-refractivity contribution in [1.82, 2.24) is 0 Å². The number of aromatic hydroxyl groups is 1. The first kappa shape index (κ1) is 20.7. The molecule has 27 heavy (non-hydrogen) atoms. The minimum Gasteiger partial charge on any atom is -0.507 e. The summed E-state index contributed by atoms with van der Waals surface area (Å²) in [6.07, 6.45) is 0.436. The zero-order valence-corrected chi connectivity index (χ0v) is 16.2. The number of aryl methyl sites for hydroxylation is 1. The van der Waals surface area contributed by atoms with Crippen LogP contribution in [0.3, 0.4) is 0 Å². The summed E-state index contributed by atoms with van der Waals surface area (Å²) in [5.74, 6) is 0.526. The third kappa shape index (κ3) is 4.23. The summed E-state index contributed by atoms with van der Waals surface area (Å²) in [4.78, 5) is 14.1. The molecule has 0 radical (unpaired) electrons. The second-order valence-corrected chi connectivity index (χ2v) is 6.42. The number of nitrogens with one attached hydrogen (secondary N) is 1. The predicted octanol–water partition coefficient (Wildman–Crippen LogP) is 3.06. The van der Waals surface area contributed by atoms with E-state index in [0.29, 0.717) is 41.0 Å². The van der Waals surface area contributed by atoms with Gasteiger partial charge in [0.15, 0.2) is 11.3 Å². The van der Waals surface area contributed by atoms with Crippen LogP contribution < -0.4 is 15.1 Å². The number of ether oxygens (including phenoxy) is 1. The molecule has 0 bridgehead atoms. The molecule has 0 saturated heterocycles. The van der Waals surface area contributed by atoms with Gasteiger partial charge in [0.2, 0.25) is 11.2 Å². The first-order valence-corrected chi connectivity index (χ1v) is 8.43. The molecule has 0 atom stereocenters. The van der Waals surface area contributed by atoms with E-state index in [4.69, 9.17) is 9.15 Å². The van der Waals surface area contributed by atoms with Gasteiger partial charge in [-0.1, -0.05) is 6.92 Å². The molecule has 0 fully saturated rings. The van der Waals surface area contributed by atoms with E-state index >= 15 is 0 Å². The summed E-state index contributed by atoms with van der Waals surface area (Å²) >= 11 is 0.